The molecule has 1 aromatic rings. The van der Waals surface area contributed by atoms with Crippen molar-refractivity contribution in [2.45, 2.75) is 19.4 Å². The lowest BCUT2D eigenvalue weighted by atomic mass is 10.2. The number of aromatic nitrogens is 3. The minimum Gasteiger partial charge on any atom is -0.481 e. The van der Waals surface area contributed by atoms with Crippen molar-refractivity contribution in [2.75, 3.05) is 5.73 Å². The zero-order chi connectivity index (χ0) is 11.4. The van der Waals surface area contributed by atoms with Gasteiger partial charge in [-0.25, -0.2) is 0 Å². The van der Waals surface area contributed by atoms with Crippen LogP contribution in [0.2, 0.25) is 0 Å². The number of nitrogens with two attached hydrogens (primary N) is 1. The molecule has 1 atom stereocenters. The second-order valence-electron chi connectivity index (χ2n) is 3.01. The van der Waals surface area contributed by atoms with E-state index in [-0.39, 0.29) is 18.2 Å². The van der Waals surface area contributed by atoms with Gasteiger partial charge in [-0.15, -0.1) is 5.10 Å². The number of aliphatic carboxylic acids is 1. The molecule has 0 aliphatic carbocycles. The first kappa shape index (κ1) is 11.0. The molecule has 1 heterocycles. The fourth-order valence-electron chi connectivity index (χ4n) is 0.981. The van der Waals surface area contributed by atoms with E-state index < -0.39 is 17.9 Å². The summed E-state index contributed by atoms with van der Waals surface area (Å²) in [7, 11) is 0. The van der Waals surface area contributed by atoms with Gasteiger partial charge in [0, 0.05) is 6.04 Å². The van der Waals surface area contributed by atoms with Crippen LogP contribution >= 0.6 is 0 Å². The van der Waals surface area contributed by atoms with E-state index in [1.807, 2.05) is 0 Å². The molecule has 15 heavy (non-hydrogen) atoms. The number of carboxylic acid groups (broad SMARTS) is 1. The number of nitrogens with zero attached hydrogens (tertiary/aromatic N) is 2. The van der Waals surface area contributed by atoms with Crippen molar-refractivity contribution < 1.29 is 14.7 Å². The number of carbonyl (C=O) groups is 2. The summed E-state index contributed by atoms with van der Waals surface area (Å²) in [5.41, 5.74) is 5.20. The zero-order valence-electron chi connectivity index (χ0n) is 8.02. The van der Waals surface area contributed by atoms with Crippen LogP contribution < -0.4 is 11.1 Å². The van der Waals surface area contributed by atoms with E-state index >= 15 is 0 Å². The van der Waals surface area contributed by atoms with E-state index in [2.05, 4.69) is 20.5 Å². The van der Waals surface area contributed by atoms with E-state index in [1.54, 1.807) is 6.92 Å². The molecule has 0 aromatic carbocycles. The molecule has 0 bridgehead atoms. The van der Waals surface area contributed by atoms with Gasteiger partial charge in [0.1, 0.15) is 0 Å². The predicted molar refractivity (Wildman–Crippen MR) is 50.0 cm³/mol. The van der Waals surface area contributed by atoms with Crippen molar-refractivity contribution in [3.8, 4) is 0 Å². The lowest BCUT2D eigenvalue weighted by Gasteiger charge is -2.09. The first-order chi connectivity index (χ1) is 6.99. The summed E-state index contributed by atoms with van der Waals surface area (Å²) >= 11 is 0. The van der Waals surface area contributed by atoms with Gasteiger partial charge in [0.05, 0.1) is 6.42 Å². The summed E-state index contributed by atoms with van der Waals surface area (Å²) in [5.74, 6) is -1.59. The van der Waals surface area contributed by atoms with E-state index in [9.17, 15) is 9.59 Å². The highest BCUT2D eigenvalue weighted by molar-refractivity contribution is 5.91. The van der Waals surface area contributed by atoms with Crippen LogP contribution in [0.1, 0.15) is 24.0 Å². The SMILES string of the molecule is CC(CC(=O)O)NC(=O)c1nc(N)n[nH]1. The number of anilines is 1. The molecule has 0 radical (unpaired) electrons. The summed E-state index contributed by atoms with van der Waals surface area (Å²) in [6.07, 6.45) is -0.157. The smallest absolute Gasteiger partial charge is 0.305 e. The Morgan fingerprint density at radius 2 is 2.33 bits per heavy atom. The van der Waals surface area contributed by atoms with Gasteiger partial charge in [-0.3, -0.25) is 14.7 Å². The highest BCUT2D eigenvalue weighted by Crippen LogP contribution is 1.96. The summed E-state index contributed by atoms with van der Waals surface area (Å²) in [6.45, 7) is 1.58. The lowest BCUT2D eigenvalue weighted by molar-refractivity contribution is -0.137. The van der Waals surface area contributed by atoms with Crippen LogP contribution in [0.5, 0.6) is 0 Å². The number of aromatic amines is 1. The van der Waals surface area contributed by atoms with Crippen molar-refractivity contribution >= 4 is 17.8 Å². The molecule has 1 rings (SSSR count). The summed E-state index contributed by atoms with van der Waals surface area (Å²) < 4.78 is 0. The van der Waals surface area contributed by atoms with Crippen LogP contribution in [0.3, 0.4) is 0 Å². The highest BCUT2D eigenvalue weighted by Gasteiger charge is 2.15. The number of hydrogen-bond donors (Lipinski definition) is 4. The zero-order valence-corrected chi connectivity index (χ0v) is 8.02. The minimum atomic E-state index is -0.986. The molecule has 0 aliphatic rings. The molecule has 1 unspecified atom stereocenters. The van der Waals surface area contributed by atoms with Gasteiger partial charge in [0.2, 0.25) is 11.8 Å². The van der Waals surface area contributed by atoms with Crippen molar-refractivity contribution in [1.29, 1.82) is 0 Å². The van der Waals surface area contributed by atoms with Gasteiger partial charge in [0.25, 0.3) is 5.91 Å². The third kappa shape index (κ3) is 3.25. The van der Waals surface area contributed by atoms with E-state index in [0.29, 0.717) is 0 Å². The number of carboxylic acids is 1. The largest absolute Gasteiger partial charge is 0.481 e. The van der Waals surface area contributed by atoms with Crippen molar-refractivity contribution in [3.05, 3.63) is 5.82 Å². The number of nitrogen functional groups attached to an aromatic ring is 1. The number of H-pyrrole nitrogens is 1. The Kier molecular flexibility index (Phi) is 3.21. The molecule has 5 N–H and O–H groups in total. The fraction of sp³-hybridized carbons (Fsp3) is 0.429. The maximum Gasteiger partial charge on any atom is 0.305 e. The Balaban J connectivity index is 2.52. The van der Waals surface area contributed by atoms with Gasteiger partial charge in [-0.2, -0.15) is 4.98 Å². The minimum absolute atomic E-state index is 0.0361. The number of rotatable bonds is 4. The third-order valence-corrected chi connectivity index (χ3v) is 1.58. The summed E-state index contributed by atoms with van der Waals surface area (Å²) in [6, 6.07) is -0.485. The first-order valence-electron chi connectivity index (χ1n) is 4.19. The van der Waals surface area contributed by atoms with Gasteiger partial charge >= 0.3 is 5.97 Å². The van der Waals surface area contributed by atoms with Gasteiger partial charge in [0.15, 0.2) is 0 Å². The third-order valence-electron chi connectivity index (χ3n) is 1.58. The number of nitrogens with one attached hydrogen (secondary N) is 2. The number of carbonyl (C=O) groups excluding carboxylic acids is 1. The molecular formula is C7H11N5O3. The molecule has 0 spiro atoms. The van der Waals surface area contributed by atoms with Crippen molar-refractivity contribution in [2.24, 2.45) is 0 Å². The maximum atomic E-state index is 11.4. The average Bonchev–Trinajstić information content (AvgIpc) is 2.49. The fourth-order valence-corrected chi connectivity index (χ4v) is 0.981. The van der Waals surface area contributed by atoms with Crippen LogP contribution in [0.4, 0.5) is 5.95 Å². The van der Waals surface area contributed by atoms with Crippen molar-refractivity contribution in [1.82, 2.24) is 20.5 Å². The monoisotopic (exact) mass is 213 g/mol. The quantitative estimate of drug-likeness (QED) is 0.505. The second kappa shape index (κ2) is 4.40. The normalized spacial score (nSPS) is 12.1. The molecule has 0 saturated carbocycles. The molecule has 0 fully saturated rings. The lowest BCUT2D eigenvalue weighted by Crippen LogP contribution is -2.34. The summed E-state index contributed by atoms with van der Waals surface area (Å²) in [4.78, 5) is 25.3. The molecule has 1 amide bonds. The second-order valence-corrected chi connectivity index (χ2v) is 3.01. The molecule has 82 valence electrons. The molecular weight excluding hydrogens is 202 g/mol. The Bertz CT molecular complexity index is 374. The molecule has 8 heteroatoms. The molecule has 0 saturated heterocycles. The van der Waals surface area contributed by atoms with Crippen LogP contribution in [-0.2, 0) is 4.79 Å². The average molecular weight is 213 g/mol. The molecule has 8 nitrogen and oxygen atoms in total. The van der Waals surface area contributed by atoms with Crippen LogP contribution in [0.25, 0.3) is 0 Å². The van der Waals surface area contributed by atoms with E-state index in [0.717, 1.165) is 0 Å². The topological polar surface area (TPSA) is 134 Å². The standard InChI is InChI=1S/C7H11N5O3/c1-3(2-4(13)14)9-6(15)5-10-7(8)12-11-5/h3H,2H2,1H3,(H,9,15)(H,13,14)(H3,8,10,11,12). The van der Waals surface area contributed by atoms with Gasteiger partial charge in [-0.05, 0) is 6.92 Å². The van der Waals surface area contributed by atoms with E-state index in [1.165, 1.54) is 0 Å². The molecule has 1 aromatic heterocycles. The highest BCUT2D eigenvalue weighted by atomic mass is 16.4. The van der Waals surface area contributed by atoms with Gasteiger partial charge in [-0.1, -0.05) is 0 Å². The maximum absolute atomic E-state index is 11.4. The first-order valence-corrected chi connectivity index (χ1v) is 4.19. The Labute approximate surface area is 84.9 Å². The van der Waals surface area contributed by atoms with Crippen LogP contribution in [-0.4, -0.2) is 38.2 Å². The summed E-state index contributed by atoms with van der Waals surface area (Å²) in [5, 5.41) is 16.7. The number of amides is 1. The van der Waals surface area contributed by atoms with Gasteiger partial charge < -0.3 is 16.2 Å². The molecule has 0 aliphatic heterocycles. The van der Waals surface area contributed by atoms with Crippen molar-refractivity contribution in [3.63, 3.8) is 0 Å². The van der Waals surface area contributed by atoms with Crippen LogP contribution in [0.15, 0.2) is 0 Å². The Hall–Kier alpha value is -2.12. The Morgan fingerprint density at radius 1 is 1.67 bits per heavy atom. The number of hydrogen-bond acceptors (Lipinski definition) is 5. The van der Waals surface area contributed by atoms with Crippen LogP contribution in [0, 0.1) is 0 Å². The Morgan fingerprint density at radius 3 is 2.80 bits per heavy atom. The van der Waals surface area contributed by atoms with E-state index in [4.69, 9.17) is 10.8 Å². The predicted octanol–water partition coefficient (Wildman–Crippen LogP) is -1.02.